The van der Waals surface area contributed by atoms with Crippen molar-refractivity contribution in [3.63, 3.8) is 0 Å². The Morgan fingerprint density at radius 1 is 1.69 bits per heavy atom. The van der Waals surface area contributed by atoms with Crippen molar-refractivity contribution in [1.82, 2.24) is 0 Å². The van der Waals surface area contributed by atoms with Crippen LogP contribution in [0.5, 0.6) is 0 Å². The molecule has 1 fully saturated rings. The molecule has 1 atom stereocenters. The van der Waals surface area contributed by atoms with Crippen molar-refractivity contribution in [3.05, 3.63) is 24.5 Å². The largest absolute Gasteiger partial charge is 0.491 e. The molecule has 1 aliphatic rings. The van der Waals surface area contributed by atoms with Crippen molar-refractivity contribution >= 4 is 0 Å². The van der Waals surface area contributed by atoms with E-state index < -0.39 is 0 Å². The van der Waals surface area contributed by atoms with Crippen LogP contribution < -0.4 is 0 Å². The van der Waals surface area contributed by atoms with Crippen LogP contribution >= 0.6 is 0 Å². The second-order valence-electron chi connectivity index (χ2n) is 3.16. The lowest BCUT2D eigenvalue weighted by atomic mass is 10.2. The minimum Gasteiger partial charge on any atom is -0.491 e. The second-order valence-corrected chi connectivity index (χ2v) is 3.16. The Bertz CT molecular complexity index is 179. The molecule has 0 aromatic rings. The van der Waals surface area contributed by atoms with Crippen molar-refractivity contribution < 1.29 is 9.47 Å². The number of ether oxygens (including phenoxy) is 2. The van der Waals surface area contributed by atoms with Crippen LogP contribution in [0.15, 0.2) is 24.5 Å². The van der Waals surface area contributed by atoms with Crippen LogP contribution in [0, 0.1) is 0 Å². The van der Waals surface area contributed by atoms with Gasteiger partial charge >= 0.3 is 0 Å². The third kappa shape index (κ3) is 3.64. The molecule has 1 aliphatic heterocycles. The quantitative estimate of drug-likeness (QED) is 0.480. The Labute approximate surface area is 80.2 Å². The topological polar surface area (TPSA) is 18.5 Å². The summed E-state index contributed by atoms with van der Waals surface area (Å²) in [5, 5.41) is 0. The van der Waals surface area contributed by atoms with Gasteiger partial charge < -0.3 is 9.47 Å². The predicted molar refractivity (Wildman–Crippen MR) is 53.5 cm³/mol. The summed E-state index contributed by atoms with van der Waals surface area (Å²) in [5.74, 6) is 0.873. The molecule has 2 nitrogen and oxygen atoms in total. The molecule has 0 saturated carbocycles. The summed E-state index contributed by atoms with van der Waals surface area (Å²) in [4.78, 5) is 0. The molecule has 0 aromatic heterocycles. The van der Waals surface area contributed by atoms with Crippen LogP contribution in [-0.2, 0) is 9.47 Å². The van der Waals surface area contributed by atoms with Gasteiger partial charge in [0.1, 0.15) is 12.4 Å². The lowest BCUT2D eigenvalue weighted by Gasteiger charge is -2.11. The van der Waals surface area contributed by atoms with E-state index in [-0.39, 0.29) is 0 Å². The van der Waals surface area contributed by atoms with Crippen molar-refractivity contribution in [2.24, 2.45) is 0 Å². The van der Waals surface area contributed by atoms with Crippen LogP contribution in [0.4, 0.5) is 0 Å². The number of rotatable bonds is 5. The van der Waals surface area contributed by atoms with Gasteiger partial charge in [0.2, 0.25) is 0 Å². The SMILES string of the molecule is C=C/C(=C\CC)OC[C@@H]1CCCO1. The number of hydrogen-bond acceptors (Lipinski definition) is 2. The Hall–Kier alpha value is -0.760. The monoisotopic (exact) mass is 182 g/mol. The first kappa shape index (κ1) is 10.3. The van der Waals surface area contributed by atoms with Crippen LogP contribution in [0.1, 0.15) is 26.2 Å². The van der Waals surface area contributed by atoms with Gasteiger partial charge in [-0.1, -0.05) is 13.5 Å². The third-order valence-corrected chi connectivity index (χ3v) is 2.07. The van der Waals surface area contributed by atoms with E-state index in [0.29, 0.717) is 12.7 Å². The van der Waals surface area contributed by atoms with Crippen molar-refractivity contribution in [2.75, 3.05) is 13.2 Å². The van der Waals surface area contributed by atoms with E-state index in [2.05, 4.69) is 13.5 Å². The van der Waals surface area contributed by atoms with Gasteiger partial charge in [-0.25, -0.2) is 0 Å². The van der Waals surface area contributed by atoms with Crippen molar-refractivity contribution in [1.29, 1.82) is 0 Å². The average molecular weight is 182 g/mol. The third-order valence-electron chi connectivity index (χ3n) is 2.07. The van der Waals surface area contributed by atoms with Crippen LogP contribution in [-0.4, -0.2) is 19.3 Å². The van der Waals surface area contributed by atoms with Crippen molar-refractivity contribution in [3.8, 4) is 0 Å². The molecule has 13 heavy (non-hydrogen) atoms. The summed E-state index contributed by atoms with van der Waals surface area (Å²) < 4.78 is 11.0. The van der Waals surface area contributed by atoms with Gasteiger partial charge in [0.15, 0.2) is 0 Å². The van der Waals surface area contributed by atoms with Crippen LogP contribution in [0.25, 0.3) is 0 Å². The van der Waals surface area contributed by atoms with Gasteiger partial charge in [-0.3, -0.25) is 0 Å². The normalized spacial score (nSPS) is 23.2. The summed E-state index contributed by atoms with van der Waals surface area (Å²) in [6.45, 7) is 7.32. The summed E-state index contributed by atoms with van der Waals surface area (Å²) in [5.41, 5.74) is 0. The summed E-state index contributed by atoms with van der Waals surface area (Å²) in [6, 6.07) is 0. The molecule has 2 heteroatoms. The van der Waals surface area contributed by atoms with Gasteiger partial charge in [-0.05, 0) is 31.4 Å². The Morgan fingerprint density at radius 2 is 2.54 bits per heavy atom. The summed E-state index contributed by atoms with van der Waals surface area (Å²) in [6.07, 6.45) is 7.33. The van der Waals surface area contributed by atoms with E-state index >= 15 is 0 Å². The van der Waals surface area contributed by atoms with E-state index in [1.807, 2.05) is 6.08 Å². The maximum absolute atomic E-state index is 5.53. The first-order valence-corrected chi connectivity index (χ1v) is 4.93. The molecule has 1 heterocycles. The van der Waals surface area contributed by atoms with Gasteiger partial charge in [0.25, 0.3) is 0 Å². The molecule has 0 aromatic carbocycles. The average Bonchev–Trinajstić information content (AvgIpc) is 2.64. The predicted octanol–water partition coefficient (Wildman–Crippen LogP) is 2.66. The molecular formula is C11H18O2. The van der Waals surface area contributed by atoms with E-state index in [1.165, 1.54) is 0 Å². The zero-order valence-electron chi connectivity index (χ0n) is 8.29. The Morgan fingerprint density at radius 3 is 3.08 bits per heavy atom. The smallest absolute Gasteiger partial charge is 0.114 e. The highest BCUT2D eigenvalue weighted by atomic mass is 16.5. The fourth-order valence-corrected chi connectivity index (χ4v) is 1.37. The Kier molecular flexibility index (Phi) is 4.61. The molecular weight excluding hydrogens is 164 g/mol. The molecule has 0 unspecified atom stereocenters. The van der Waals surface area contributed by atoms with Crippen LogP contribution in [0.3, 0.4) is 0 Å². The molecule has 0 radical (unpaired) electrons. The summed E-state index contributed by atoms with van der Waals surface area (Å²) in [7, 11) is 0. The molecule has 0 aliphatic carbocycles. The number of hydrogen-bond donors (Lipinski definition) is 0. The highest BCUT2D eigenvalue weighted by Crippen LogP contribution is 2.13. The lowest BCUT2D eigenvalue weighted by molar-refractivity contribution is 0.0458. The van der Waals surface area contributed by atoms with Gasteiger partial charge in [-0.15, -0.1) is 0 Å². The zero-order chi connectivity index (χ0) is 9.52. The molecule has 0 bridgehead atoms. The van der Waals surface area contributed by atoms with E-state index in [4.69, 9.17) is 9.47 Å². The molecule has 1 saturated heterocycles. The van der Waals surface area contributed by atoms with Crippen LogP contribution in [0.2, 0.25) is 0 Å². The molecule has 0 spiro atoms. The highest BCUT2D eigenvalue weighted by molar-refractivity contribution is 5.08. The number of allylic oxidation sites excluding steroid dienone is 2. The van der Waals surface area contributed by atoms with E-state index in [9.17, 15) is 0 Å². The summed E-state index contributed by atoms with van der Waals surface area (Å²) >= 11 is 0. The van der Waals surface area contributed by atoms with E-state index in [0.717, 1.165) is 31.6 Å². The minimum atomic E-state index is 0.292. The van der Waals surface area contributed by atoms with Gasteiger partial charge in [0, 0.05) is 6.61 Å². The van der Waals surface area contributed by atoms with Crippen molar-refractivity contribution in [2.45, 2.75) is 32.3 Å². The highest BCUT2D eigenvalue weighted by Gasteiger charge is 2.15. The zero-order valence-corrected chi connectivity index (χ0v) is 8.29. The fourth-order valence-electron chi connectivity index (χ4n) is 1.37. The molecule has 1 rings (SSSR count). The fraction of sp³-hybridized carbons (Fsp3) is 0.636. The van der Waals surface area contributed by atoms with Gasteiger partial charge in [0.05, 0.1) is 6.10 Å². The van der Waals surface area contributed by atoms with Gasteiger partial charge in [-0.2, -0.15) is 0 Å². The molecule has 0 amide bonds. The first-order chi connectivity index (χ1) is 6.36. The maximum atomic E-state index is 5.53. The van der Waals surface area contributed by atoms with E-state index in [1.54, 1.807) is 6.08 Å². The molecule has 74 valence electrons. The standard InChI is InChI=1S/C11H18O2/c1-3-6-10(4-2)13-9-11-7-5-8-12-11/h4,6,11H,2-3,5,7-9H2,1H3/b10-6+/t11-/m0/s1. The molecule has 0 N–H and O–H groups in total. The maximum Gasteiger partial charge on any atom is 0.114 e. The lowest BCUT2D eigenvalue weighted by Crippen LogP contribution is -2.13. The Balaban J connectivity index is 2.22. The minimum absolute atomic E-state index is 0.292. The second kappa shape index (κ2) is 5.81. The first-order valence-electron chi connectivity index (χ1n) is 4.93.